The number of amides is 1. The Hall–Kier alpha value is -3.69. The predicted molar refractivity (Wildman–Crippen MR) is 125 cm³/mol. The molecule has 0 radical (unpaired) electrons. The molecular weight excluding hydrogens is 480 g/mol. The number of rotatable bonds is 9. The van der Waals surface area contributed by atoms with Crippen molar-refractivity contribution in [1.29, 1.82) is 0 Å². The highest BCUT2D eigenvalue weighted by molar-refractivity contribution is 6.04. The molecule has 0 aliphatic heterocycles. The minimum Gasteiger partial charge on any atom is -0.481 e. The first-order valence-corrected chi connectivity index (χ1v) is 11.6. The molecule has 6 nitrogen and oxygen atoms in total. The van der Waals surface area contributed by atoms with E-state index in [0.29, 0.717) is 48.0 Å². The van der Waals surface area contributed by atoms with Crippen LogP contribution in [0.1, 0.15) is 54.7 Å². The van der Waals surface area contributed by atoms with Crippen molar-refractivity contribution in [3.63, 3.8) is 0 Å². The van der Waals surface area contributed by atoms with Crippen molar-refractivity contribution < 1.29 is 32.3 Å². The summed E-state index contributed by atoms with van der Waals surface area (Å²) >= 11 is 0. The largest absolute Gasteiger partial charge is 0.481 e. The maximum atomic E-state index is 13.9. The maximum absolute atomic E-state index is 13.9. The highest BCUT2D eigenvalue weighted by Crippen LogP contribution is 2.45. The van der Waals surface area contributed by atoms with Gasteiger partial charge in [0.1, 0.15) is 5.82 Å². The molecule has 1 heterocycles. The number of benzene rings is 2. The minimum atomic E-state index is -4.82. The second-order valence-corrected chi connectivity index (χ2v) is 8.97. The summed E-state index contributed by atoms with van der Waals surface area (Å²) in [5.74, 6) is -2.65. The number of halogens is 4. The summed E-state index contributed by atoms with van der Waals surface area (Å²) in [6.07, 6.45) is -0.725. The summed E-state index contributed by atoms with van der Waals surface area (Å²) in [6.45, 7) is 0.355. The van der Waals surface area contributed by atoms with Gasteiger partial charge in [0.15, 0.2) is 0 Å². The lowest BCUT2D eigenvalue weighted by Crippen LogP contribution is -2.21. The van der Waals surface area contributed by atoms with Crippen LogP contribution in [0.3, 0.4) is 0 Å². The Kier molecular flexibility index (Phi) is 7.14. The van der Waals surface area contributed by atoms with Crippen molar-refractivity contribution in [3.8, 4) is 0 Å². The third kappa shape index (κ3) is 5.75. The number of unbranched alkanes of at least 4 members (excludes halogenated alkanes) is 1. The van der Waals surface area contributed by atoms with Crippen LogP contribution in [-0.2, 0) is 28.7 Å². The van der Waals surface area contributed by atoms with E-state index in [-0.39, 0.29) is 29.9 Å². The number of carbonyl (C=O) groups is 2. The molecule has 1 aliphatic carbocycles. The number of pyridine rings is 1. The normalized spacial score (nSPS) is 13.7. The fourth-order valence-electron chi connectivity index (χ4n) is 4.26. The number of aromatic nitrogens is 1. The Bertz CT molecular complexity index is 1380. The summed E-state index contributed by atoms with van der Waals surface area (Å²) in [7, 11) is 0. The zero-order chi connectivity index (χ0) is 26.0. The molecule has 10 heteroatoms. The zero-order valence-corrected chi connectivity index (χ0v) is 19.2. The van der Waals surface area contributed by atoms with Crippen LogP contribution in [0.5, 0.6) is 0 Å². The summed E-state index contributed by atoms with van der Waals surface area (Å²) in [4.78, 5) is 36.5. The van der Waals surface area contributed by atoms with E-state index in [9.17, 15) is 31.9 Å². The molecule has 0 unspecified atom stereocenters. The molecule has 2 N–H and O–H groups in total. The lowest BCUT2D eigenvalue weighted by atomic mass is 10.0. The minimum absolute atomic E-state index is 0.0199. The van der Waals surface area contributed by atoms with Crippen LogP contribution >= 0.6 is 0 Å². The monoisotopic (exact) mass is 504 g/mol. The number of carboxylic acids is 1. The molecule has 0 saturated heterocycles. The van der Waals surface area contributed by atoms with E-state index in [1.165, 1.54) is 4.57 Å². The molecule has 1 saturated carbocycles. The van der Waals surface area contributed by atoms with Gasteiger partial charge in [-0.05, 0) is 67.0 Å². The van der Waals surface area contributed by atoms with Crippen LogP contribution in [0.2, 0.25) is 0 Å². The van der Waals surface area contributed by atoms with Gasteiger partial charge in [0.05, 0.1) is 17.7 Å². The van der Waals surface area contributed by atoms with Crippen molar-refractivity contribution in [2.24, 2.45) is 0 Å². The summed E-state index contributed by atoms with van der Waals surface area (Å²) in [5.41, 5.74) is -0.230. The Balaban J connectivity index is 1.58. The average Bonchev–Trinajstić information content (AvgIpc) is 3.62. The number of carboxylic acid groups (broad SMARTS) is 1. The van der Waals surface area contributed by atoms with E-state index < -0.39 is 29.4 Å². The molecule has 1 amide bonds. The summed E-state index contributed by atoms with van der Waals surface area (Å²) < 4.78 is 53.9. The van der Waals surface area contributed by atoms with Gasteiger partial charge in [-0.1, -0.05) is 12.1 Å². The molecule has 190 valence electrons. The molecule has 2 aromatic carbocycles. The fraction of sp³-hybridized carbons (Fsp3) is 0.346. The second kappa shape index (κ2) is 10.1. The molecule has 0 atom stereocenters. The van der Waals surface area contributed by atoms with Crippen molar-refractivity contribution in [2.45, 2.75) is 57.2 Å². The third-order valence-corrected chi connectivity index (χ3v) is 6.21. The van der Waals surface area contributed by atoms with Crippen LogP contribution < -0.4 is 10.9 Å². The van der Waals surface area contributed by atoms with Gasteiger partial charge in [0.2, 0.25) is 5.91 Å². The highest BCUT2D eigenvalue weighted by atomic mass is 19.4. The number of nitrogens with one attached hydrogen (secondary N) is 1. The van der Waals surface area contributed by atoms with Crippen LogP contribution in [0, 0.1) is 5.82 Å². The fourth-order valence-corrected chi connectivity index (χ4v) is 4.26. The molecule has 0 spiro atoms. The predicted octanol–water partition coefficient (Wildman–Crippen LogP) is 5.47. The van der Waals surface area contributed by atoms with Crippen LogP contribution in [0.25, 0.3) is 10.8 Å². The summed E-state index contributed by atoms with van der Waals surface area (Å²) in [5, 5.41) is 12.5. The molecule has 4 rings (SSSR count). The van der Waals surface area contributed by atoms with Gasteiger partial charge in [-0.3, -0.25) is 14.4 Å². The van der Waals surface area contributed by atoms with E-state index in [4.69, 9.17) is 5.11 Å². The Morgan fingerprint density at radius 1 is 1.06 bits per heavy atom. The Morgan fingerprint density at radius 2 is 1.81 bits per heavy atom. The molecule has 1 fully saturated rings. The molecule has 3 aromatic rings. The standard InChI is InChI=1S/C26H24F4N2O4/c27-21-13-15(4-9-20(21)26(28,29)30)14-22(33)31-24-17(16-5-6-16)7-8-19-18(24)10-12-32(25(19)36)11-2-1-3-23(34)35/h4,7-10,12-13,16H,1-3,5-6,11,14H2,(H,31,33)(H,34,35). The van der Waals surface area contributed by atoms with Crippen LogP contribution in [-0.4, -0.2) is 21.6 Å². The van der Waals surface area contributed by atoms with Gasteiger partial charge in [-0.2, -0.15) is 13.2 Å². The second-order valence-electron chi connectivity index (χ2n) is 8.97. The number of anilines is 1. The van der Waals surface area contributed by atoms with E-state index in [1.54, 1.807) is 24.4 Å². The Labute approximate surface area is 203 Å². The smallest absolute Gasteiger partial charge is 0.419 e. The Morgan fingerprint density at radius 3 is 2.44 bits per heavy atom. The van der Waals surface area contributed by atoms with Gasteiger partial charge < -0.3 is 15.0 Å². The highest BCUT2D eigenvalue weighted by Gasteiger charge is 2.34. The zero-order valence-electron chi connectivity index (χ0n) is 19.2. The van der Waals surface area contributed by atoms with E-state index in [0.717, 1.165) is 24.5 Å². The maximum Gasteiger partial charge on any atom is 0.419 e. The van der Waals surface area contributed by atoms with E-state index >= 15 is 0 Å². The van der Waals surface area contributed by atoms with Gasteiger partial charge in [0, 0.05) is 29.9 Å². The van der Waals surface area contributed by atoms with Gasteiger partial charge in [0.25, 0.3) is 5.56 Å². The van der Waals surface area contributed by atoms with Gasteiger partial charge in [-0.15, -0.1) is 0 Å². The quantitative estimate of drug-likeness (QED) is 0.299. The molecule has 0 bridgehead atoms. The van der Waals surface area contributed by atoms with Crippen molar-refractivity contribution >= 4 is 28.3 Å². The number of alkyl halides is 3. The molecule has 36 heavy (non-hydrogen) atoms. The van der Waals surface area contributed by atoms with Crippen LogP contribution in [0.15, 0.2) is 47.4 Å². The van der Waals surface area contributed by atoms with Gasteiger partial charge in [-0.25, -0.2) is 4.39 Å². The first kappa shape index (κ1) is 25.4. The SMILES string of the molecule is O=C(O)CCCCn1ccc2c(NC(=O)Cc3ccc(C(F)(F)F)c(F)c3)c(C3CC3)ccc2c1=O. The molecular formula is C26H24F4N2O4. The van der Waals surface area contributed by atoms with Crippen molar-refractivity contribution in [1.82, 2.24) is 4.57 Å². The number of hydrogen-bond donors (Lipinski definition) is 2. The lowest BCUT2D eigenvalue weighted by Gasteiger charge is -2.16. The number of nitrogens with zero attached hydrogens (tertiary/aromatic N) is 1. The number of hydrogen-bond acceptors (Lipinski definition) is 3. The van der Waals surface area contributed by atoms with Gasteiger partial charge >= 0.3 is 12.1 Å². The first-order chi connectivity index (χ1) is 17.0. The number of carbonyl (C=O) groups excluding carboxylic acids is 1. The van der Waals surface area contributed by atoms with Crippen LogP contribution in [0.4, 0.5) is 23.2 Å². The molecule has 1 aliphatic rings. The topological polar surface area (TPSA) is 88.4 Å². The number of aryl methyl sites for hydroxylation is 1. The lowest BCUT2D eigenvalue weighted by molar-refractivity contribution is -0.140. The van der Waals surface area contributed by atoms with Crippen molar-refractivity contribution in [3.05, 3.63) is 75.5 Å². The summed E-state index contributed by atoms with van der Waals surface area (Å²) in [6, 6.07) is 7.61. The number of fused-ring (bicyclic) bond motifs is 1. The van der Waals surface area contributed by atoms with Crippen molar-refractivity contribution in [2.75, 3.05) is 5.32 Å². The average molecular weight is 504 g/mol. The van der Waals surface area contributed by atoms with E-state index in [2.05, 4.69) is 5.32 Å². The van der Waals surface area contributed by atoms with E-state index in [1.807, 2.05) is 0 Å². The first-order valence-electron chi connectivity index (χ1n) is 11.6. The third-order valence-electron chi connectivity index (χ3n) is 6.21. The molecule has 1 aromatic heterocycles. The number of aliphatic carboxylic acids is 1.